The van der Waals surface area contributed by atoms with Gasteiger partial charge in [0.15, 0.2) is 0 Å². The van der Waals surface area contributed by atoms with Crippen molar-refractivity contribution < 1.29 is 9.53 Å². The molecular formula is C21H28N4O2. The summed E-state index contributed by atoms with van der Waals surface area (Å²) in [7, 11) is 0. The Morgan fingerprint density at radius 1 is 1.00 bits per heavy atom. The molecule has 1 aromatic carbocycles. The summed E-state index contributed by atoms with van der Waals surface area (Å²) in [6.45, 7) is 7.76. The van der Waals surface area contributed by atoms with Crippen LogP contribution in [0.5, 0.6) is 0 Å². The lowest BCUT2D eigenvalue weighted by Crippen LogP contribution is -2.29. The highest BCUT2D eigenvalue weighted by molar-refractivity contribution is 5.84. The average molecular weight is 368 g/mol. The zero-order chi connectivity index (χ0) is 19.3. The monoisotopic (exact) mass is 368 g/mol. The lowest BCUT2D eigenvalue weighted by molar-refractivity contribution is 0.0636. The Labute approximate surface area is 160 Å². The van der Waals surface area contributed by atoms with Gasteiger partial charge in [-0.25, -0.2) is 9.78 Å². The molecule has 2 aromatic rings. The number of ether oxygens (including phenoxy) is 1. The molecule has 3 rings (SSSR count). The fourth-order valence-electron chi connectivity index (χ4n) is 3.02. The quantitative estimate of drug-likeness (QED) is 0.780. The van der Waals surface area contributed by atoms with E-state index >= 15 is 0 Å². The number of carbonyl (C=O) groups is 1. The van der Waals surface area contributed by atoms with Gasteiger partial charge in [-0.15, -0.1) is 0 Å². The van der Waals surface area contributed by atoms with Crippen LogP contribution in [0.4, 0.5) is 27.7 Å². The second kappa shape index (κ2) is 8.29. The molecule has 27 heavy (non-hydrogen) atoms. The summed E-state index contributed by atoms with van der Waals surface area (Å²) in [5.74, 6) is 0.718. The Balaban J connectivity index is 1.55. The minimum atomic E-state index is -0.528. The lowest BCUT2D eigenvalue weighted by Gasteiger charge is -2.28. The fourth-order valence-corrected chi connectivity index (χ4v) is 3.02. The van der Waals surface area contributed by atoms with E-state index < -0.39 is 11.7 Å². The Hall–Kier alpha value is -2.76. The molecule has 1 aliphatic rings. The summed E-state index contributed by atoms with van der Waals surface area (Å²) >= 11 is 0. The van der Waals surface area contributed by atoms with Crippen LogP contribution in [0.25, 0.3) is 0 Å². The number of aromatic nitrogens is 1. The van der Waals surface area contributed by atoms with Crippen LogP contribution in [-0.4, -0.2) is 29.8 Å². The Bertz CT molecular complexity index is 745. The minimum Gasteiger partial charge on any atom is -0.444 e. The van der Waals surface area contributed by atoms with Gasteiger partial charge in [0.25, 0.3) is 0 Å². The van der Waals surface area contributed by atoms with Crippen molar-refractivity contribution in [3.05, 3.63) is 42.6 Å². The molecule has 0 atom stereocenters. The van der Waals surface area contributed by atoms with Crippen LogP contribution < -0.4 is 15.5 Å². The van der Waals surface area contributed by atoms with E-state index in [0.29, 0.717) is 5.69 Å². The average Bonchev–Trinajstić information content (AvgIpc) is 2.63. The Morgan fingerprint density at radius 3 is 2.26 bits per heavy atom. The van der Waals surface area contributed by atoms with Gasteiger partial charge in [0.2, 0.25) is 0 Å². The van der Waals surface area contributed by atoms with Crippen molar-refractivity contribution in [2.24, 2.45) is 0 Å². The van der Waals surface area contributed by atoms with E-state index in [4.69, 9.17) is 4.74 Å². The molecule has 0 radical (unpaired) electrons. The predicted octanol–water partition coefficient (Wildman–Crippen LogP) is 5.16. The van der Waals surface area contributed by atoms with Crippen molar-refractivity contribution in [3.63, 3.8) is 0 Å². The molecule has 2 heterocycles. The first-order valence-electron chi connectivity index (χ1n) is 9.47. The number of benzene rings is 1. The number of rotatable bonds is 4. The van der Waals surface area contributed by atoms with Gasteiger partial charge in [0.05, 0.1) is 11.9 Å². The van der Waals surface area contributed by atoms with E-state index in [0.717, 1.165) is 24.6 Å². The Kier molecular flexibility index (Phi) is 5.84. The highest BCUT2D eigenvalue weighted by atomic mass is 16.6. The number of carbonyl (C=O) groups excluding carboxylic acids is 1. The molecule has 1 saturated heterocycles. The largest absolute Gasteiger partial charge is 0.444 e. The third-order valence-electron chi connectivity index (χ3n) is 4.27. The number of hydrogen-bond acceptors (Lipinski definition) is 5. The molecule has 1 fully saturated rings. The number of piperidine rings is 1. The summed E-state index contributed by atoms with van der Waals surface area (Å²) in [5.41, 5.74) is 2.32. The number of amides is 1. The van der Waals surface area contributed by atoms with Gasteiger partial charge in [-0.3, -0.25) is 5.32 Å². The van der Waals surface area contributed by atoms with Crippen molar-refractivity contribution in [2.45, 2.75) is 45.6 Å². The van der Waals surface area contributed by atoms with Crippen LogP contribution in [-0.2, 0) is 4.74 Å². The molecule has 1 aromatic heterocycles. The van der Waals surface area contributed by atoms with Crippen molar-refractivity contribution in [1.82, 2.24) is 4.98 Å². The van der Waals surface area contributed by atoms with Gasteiger partial charge >= 0.3 is 6.09 Å². The first kappa shape index (κ1) is 19.0. The van der Waals surface area contributed by atoms with Gasteiger partial charge in [-0.1, -0.05) is 0 Å². The van der Waals surface area contributed by atoms with E-state index in [-0.39, 0.29) is 0 Å². The molecule has 0 bridgehead atoms. The highest BCUT2D eigenvalue weighted by Gasteiger charge is 2.16. The molecular weight excluding hydrogens is 340 g/mol. The molecule has 2 N–H and O–H groups in total. The van der Waals surface area contributed by atoms with Gasteiger partial charge in [0, 0.05) is 24.5 Å². The van der Waals surface area contributed by atoms with E-state index in [9.17, 15) is 4.79 Å². The normalized spacial score (nSPS) is 14.6. The highest BCUT2D eigenvalue weighted by Crippen LogP contribution is 2.23. The van der Waals surface area contributed by atoms with E-state index in [1.54, 1.807) is 12.3 Å². The third kappa shape index (κ3) is 5.88. The van der Waals surface area contributed by atoms with Gasteiger partial charge in [-0.05, 0) is 76.4 Å². The molecule has 0 saturated carbocycles. The summed E-state index contributed by atoms with van der Waals surface area (Å²) in [5, 5.41) is 5.96. The fraction of sp³-hybridized carbons (Fsp3) is 0.429. The van der Waals surface area contributed by atoms with Crippen molar-refractivity contribution >= 4 is 29.0 Å². The van der Waals surface area contributed by atoms with Crippen LogP contribution in [0.2, 0.25) is 0 Å². The zero-order valence-electron chi connectivity index (χ0n) is 16.3. The molecule has 144 valence electrons. The number of hydrogen-bond donors (Lipinski definition) is 2. The molecule has 0 spiro atoms. The van der Waals surface area contributed by atoms with Gasteiger partial charge < -0.3 is 15.0 Å². The maximum Gasteiger partial charge on any atom is 0.412 e. The first-order valence-corrected chi connectivity index (χ1v) is 9.47. The maximum absolute atomic E-state index is 11.8. The lowest BCUT2D eigenvalue weighted by atomic mass is 10.1. The molecule has 1 amide bonds. The smallest absolute Gasteiger partial charge is 0.412 e. The third-order valence-corrected chi connectivity index (χ3v) is 4.27. The van der Waals surface area contributed by atoms with Crippen LogP contribution in [0, 0.1) is 0 Å². The van der Waals surface area contributed by atoms with Crippen molar-refractivity contribution in [1.29, 1.82) is 0 Å². The molecule has 6 nitrogen and oxygen atoms in total. The van der Waals surface area contributed by atoms with E-state index in [1.165, 1.54) is 24.9 Å². The Morgan fingerprint density at radius 2 is 1.67 bits per heavy atom. The molecule has 6 heteroatoms. The first-order chi connectivity index (χ1) is 12.9. The van der Waals surface area contributed by atoms with Crippen molar-refractivity contribution in [3.8, 4) is 0 Å². The second-order valence-corrected chi connectivity index (χ2v) is 7.78. The zero-order valence-corrected chi connectivity index (χ0v) is 16.3. The SMILES string of the molecule is CC(C)(C)OC(=O)Nc1ccc(Nc2ccc(N3CCCCC3)cc2)nc1. The van der Waals surface area contributed by atoms with Gasteiger partial charge in [-0.2, -0.15) is 0 Å². The number of nitrogens with zero attached hydrogens (tertiary/aromatic N) is 2. The molecule has 1 aliphatic heterocycles. The van der Waals surface area contributed by atoms with Crippen LogP contribution >= 0.6 is 0 Å². The number of anilines is 4. The maximum atomic E-state index is 11.8. The van der Waals surface area contributed by atoms with E-state index in [1.807, 2.05) is 26.8 Å². The number of pyridine rings is 1. The summed E-state index contributed by atoms with van der Waals surface area (Å²) < 4.78 is 5.23. The number of nitrogens with one attached hydrogen (secondary N) is 2. The minimum absolute atomic E-state index is 0.488. The van der Waals surface area contributed by atoms with E-state index in [2.05, 4.69) is 44.8 Å². The van der Waals surface area contributed by atoms with Crippen LogP contribution in [0.1, 0.15) is 40.0 Å². The van der Waals surface area contributed by atoms with Crippen molar-refractivity contribution in [2.75, 3.05) is 28.6 Å². The summed E-state index contributed by atoms with van der Waals surface area (Å²) in [4.78, 5) is 18.6. The van der Waals surface area contributed by atoms with Crippen LogP contribution in [0.3, 0.4) is 0 Å². The molecule has 0 unspecified atom stereocenters. The second-order valence-electron chi connectivity index (χ2n) is 7.78. The van der Waals surface area contributed by atoms with Gasteiger partial charge in [0.1, 0.15) is 11.4 Å². The predicted molar refractivity (Wildman–Crippen MR) is 110 cm³/mol. The summed E-state index contributed by atoms with van der Waals surface area (Å²) in [6, 6.07) is 12.0. The standard InChI is InChI=1S/C21H28N4O2/c1-21(2,3)27-20(26)24-17-9-12-19(22-15-17)23-16-7-10-18(11-8-16)25-13-5-4-6-14-25/h7-12,15H,4-6,13-14H2,1-3H3,(H,22,23)(H,24,26). The topological polar surface area (TPSA) is 66.5 Å². The molecule has 0 aliphatic carbocycles. The van der Waals surface area contributed by atoms with Crippen LogP contribution in [0.15, 0.2) is 42.6 Å². The summed E-state index contributed by atoms with van der Waals surface area (Å²) in [6.07, 6.45) is 4.99.